The Hall–Kier alpha value is -3.69. The zero-order valence-electron chi connectivity index (χ0n) is 20.0. The second kappa shape index (κ2) is 9.07. The van der Waals surface area contributed by atoms with Gasteiger partial charge in [0.05, 0.1) is 12.1 Å². The lowest BCUT2D eigenvalue weighted by Crippen LogP contribution is -2.48. The molecular weight excluding hydrogens is 460 g/mol. The lowest BCUT2D eigenvalue weighted by molar-refractivity contribution is -0.127. The van der Waals surface area contributed by atoms with Gasteiger partial charge >= 0.3 is 0 Å². The molecule has 2 aromatic heterocycles. The maximum absolute atomic E-state index is 13.6. The molecule has 3 aliphatic rings. The van der Waals surface area contributed by atoms with Gasteiger partial charge in [-0.25, -0.2) is 0 Å². The van der Waals surface area contributed by atoms with E-state index in [1.165, 1.54) is 0 Å². The van der Waals surface area contributed by atoms with E-state index in [-0.39, 0.29) is 42.7 Å². The minimum Gasteiger partial charge on any atom is -0.454 e. The molecule has 0 saturated carbocycles. The first-order chi connectivity index (χ1) is 17.6. The number of nitrogens with one attached hydrogen (secondary N) is 1. The Balaban J connectivity index is 1.42. The Morgan fingerprint density at radius 2 is 1.94 bits per heavy atom. The number of benzene rings is 1. The Morgan fingerprint density at radius 1 is 1.14 bits per heavy atom. The monoisotopic (exact) mass is 488 g/mol. The van der Waals surface area contributed by atoms with Crippen molar-refractivity contribution in [3.63, 3.8) is 0 Å². The van der Waals surface area contributed by atoms with Crippen molar-refractivity contribution >= 4 is 5.91 Å². The molecule has 9 nitrogen and oxygen atoms in total. The van der Waals surface area contributed by atoms with Gasteiger partial charge in [0.2, 0.25) is 12.7 Å². The van der Waals surface area contributed by atoms with E-state index in [0.717, 1.165) is 16.8 Å². The minimum atomic E-state index is -0.515. The van der Waals surface area contributed by atoms with Gasteiger partial charge in [-0.3, -0.25) is 19.5 Å². The first kappa shape index (κ1) is 22.8. The number of fused-ring (bicyclic) bond motifs is 4. The van der Waals surface area contributed by atoms with Gasteiger partial charge in [-0.1, -0.05) is 6.07 Å². The number of ether oxygens (including phenoxy) is 2. The van der Waals surface area contributed by atoms with Gasteiger partial charge in [0.25, 0.3) is 5.56 Å². The van der Waals surface area contributed by atoms with E-state index in [1.807, 2.05) is 54.0 Å². The second-order valence-electron chi connectivity index (χ2n) is 9.48. The highest BCUT2D eigenvalue weighted by Gasteiger charge is 2.55. The van der Waals surface area contributed by atoms with Crippen LogP contribution in [0.5, 0.6) is 11.5 Å². The number of nitrogens with zero attached hydrogens (tertiary/aromatic N) is 3. The molecule has 1 aromatic carbocycles. The molecule has 6 rings (SSSR count). The van der Waals surface area contributed by atoms with Crippen molar-refractivity contribution in [2.45, 2.75) is 32.1 Å². The molecule has 0 unspecified atom stereocenters. The fourth-order valence-corrected chi connectivity index (χ4v) is 6.06. The zero-order chi connectivity index (χ0) is 24.8. The van der Waals surface area contributed by atoms with Crippen LogP contribution in [0.25, 0.3) is 11.1 Å². The van der Waals surface area contributed by atoms with E-state index >= 15 is 0 Å². The fourth-order valence-electron chi connectivity index (χ4n) is 6.06. The molecule has 0 radical (unpaired) electrons. The summed E-state index contributed by atoms with van der Waals surface area (Å²) in [5, 5.41) is 13.4. The number of aromatic nitrogens is 2. The van der Waals surface area contributed by atoms with Crippen LogP contribution in [-0.2, 0) is 17.9 Å². The molecule has 1 saturated heterocycles. The number of amides is 1. The van der Waals surface area contributed by atoms with Gasteiger partial charge in [-0.2, -0.15) is 0 Å². The molecule has 1 amide bonds. The third-order valence-electron chi connectivity index (χ3n) is 7.60. The Bertz CT molecular complexity index is 1360. The summed E-state index contributed by atoms with van der Waals surface area (Å²) in [5.74, 6) is 0.903. The highest BCUT2D eigenvalue weighted by atomic mass is 16.7. The van der Waals surface area contributed by atoms with Crippen LogP contribution in [0, 0.1) is 11.8 Å². The summed E-state index contributed by atoms with van der Waals surface area (Å²) in [5.41, 5.74) is 3.21. The van der Waals surface area contributed by atoms with Crippen LogP contribution in [0.4, 0.5) is 0 Å². The second-order valence-corrected chi connectivity index (χ2v) is 9.48. The highest BCUT2D eigenvalue weighted by Crippen LogP contribution is 2.50. The number of carbonyl (C=O) groups is 1. The van der Waals surface area contributed by atoms with Crippen molar-refractivity contribution in [2.75, 3.05) is 19.9 Å². The highest BCUT2D eigenvalue weighted by molar-refractivity contribution is 5.82. The lowest BCUT2D eigenvalue weighted by atomic mass is 9.88. The number of rotatable bonds is 6. The van der Waals surface area contributed by atoms with Crippen LogP contribution in [0.3, 0.4) is 0 Å². The molecule has 36 heavy (non-hydrogen) atoms. The van der Waals surface area contributed by atoms with Crippen molar-refractivity contribution in [3.05, 3.63) is 76.5 Å². The quantitative estimate of drug-likeness (QED) is 0.546. The third-order valence-corrected chi connectivity index (χ3v) is 7.60. The Kier molecular flexibility index (Phi) is 5.73. The van der Waals surface area contributed by atoms with Crippen molar-refractivity contribution in [2.24, 2.45) is 11.8 Å². The van der Waals surface area contributed by atoms with E-state index in [9.17, 15) is 14.7 Å². The third kappa shape index (κ3) is 3.58. The predicted molar refractivity (Wildman–Crippen MR) is 131 cm³/mol. The van der Waals surface area contributed by atoms with Gasteiger partial charge in [0.15, 0.2) is 11.5 Å². The summed E-state index contributed by atoms with van der Waals surface area (Å²) in [6, 6.07) is 12.6. The van der Waals surface area contributed by atoms with E-state index in [1.54, 1.807) is 12.4 Å². The average Bonchev–Trinajstić information content (AvgIpc) is 3.58. The smallest absolute Gasteiger partial charge is 0.258 e. The summed E-state index contributed by atoms with van der Waals surface area (Å²) in [6.07, 6.45) is 3.35. The lowest BCUT2D eigenvalue weighted by Gasteiger charge is -2.31. The van der Waals surface area contributed by atoms with Gasteiger partial charge in [0.1, 0.15) is 0 Å². The van der Waals surface area contributed by atoms with Crippen molar-refractivity contribution < 1.29 is 19.4 Å². The molecule has 4 atom stereocenters. The SMILES string of the molecule is CCNC(=O)[C@H]1[C@H](CO)[C@H]2Cn3c(ccc(-c4ccncc4)c3=O)[C@H]2N1Cc1ccc2c(c1)OCO2. The fraction of sp³-hybridized carbons (Fsp3) is 0.370. The van der Waals surface area contributed by atoms with Gasteiger partial charge in [0, 0.05) is 61.7 Å². The largest absolute Gasteiger partial charge is 0.454 e. The maximum atomic E-state index is 13.6. The van der Waals surface area contributed by atoms with Gasteiger partial charge < -0.3 is 24.5 Å². The number of pyridine rings is 2. The van der Waals surface area contributed by atoms with Crippen LogP contribution >= 0.6 is 0 Å². The zero-order valence-corrected chi connectivity index (χ0v) is 20.0. The number of carbonyl (C=O) groups excluding carboxylic acids is 1. The number of aliphatic hydroxyl groups excluding tert-OH is 1. The predicted octanol–water partition coefficient (Wildman–Crippen LogP) is 1.94. The molecule has 1 fully saturated rings. The van der Waals surface area contributed by atoms with Crippen LogP contribution in [0.2, 0.25) is 0 Å². The molecule has 3 aromatic rings. The van der Waals surface area contributed by atoms with Crippen LogP contribution in [0.1, 0.15) is 24.2 Å². The normalized spacial score (nSPS) is 23.9. The molecule has 3 aliphatic heterocycles. The van der Waals surface area contributed by atoms with Crippen LogP contribution in [-0.4, -0.2) is 51.5 Å². The van der Waals surface area contributed by atoms with Crippen LogP contribution in [0.15, 0.2) is 59.7 Å². The van der Waals surface area contributed by atoms with Crippen molar-refractivity contribution in [1.82, 2.24) is 19.8 Å². The minimum absolute atomic E-state index is 0.0672. The number of hydrogen-bond acceptors (Lipinski definition) is 7. The summed E-state index contributed by atoms with van der Waals surface area (Å²) >= 11 is 0. The summed E-state index contributed by atoms with van der Waals surface area (Å²) < 4.78 is 12.8. The first-order valence-corrected chi connectivity index (χ1v) is 12.3. The molecule has 2 N–H and O–H groups in total. The first-order valence-electron chi connectivity index (χ1n) is 12.3. The van der Waals surface area contributed by atoms with E-state index in [0.29, 0.717) is 36.7 Å². The van der Waals surface area contributed by atoms with Crippen molar-refractivity contribution in [3.8, 4) is 22.6 Å². The molecule has 0 spiro atoms. The summed E-state index contributed by atoms with van der Waals surface area (Å²) in [4.78, 5) is 33.0. The van der Waals surface area contributed by atoms with Crippen molar-refractivity contribution in [1.29, 1.82) is 0 Å². The van der Waals surface area contributed by atoms with E-state index in [4.69, 9.17) is 9.47 Å². The maximum Gasteiger partial charge on any atom is 0.258 e. The van der Waals surface area contributed by atoms with E-state index in [2.05, 4.69) is 15.2 Å². The molecule has 0 bridgehead atoms. The number of hydrogen-bond donors (Lipinski definition) is 2. The van der Waals surface area contributed by atoms with Crippen LogP contribution < -0.4 is 20.3 Å². The Labute approximate surface area is 208 Å². The molecular formula is C27H28N4O5. The van der Waals surface area contributed by atoms with Gasteiger partial charge in [-0.15, -0.1) is 0 Å². The molecule has 186 valence electrons. The van der Waals surface area contributed by atoms with E-state index < -0.39 is 6.04 Å². The topological polar surface area (TPSA) is 106 Å². The molecule has 0 aliphatic carbocycles. The molecule has 5 heterocycles. The number of aliphatic hydroxyl groups is 1. The number of likely N-dealkylation sites (tertiary alicyclic amines) is 1. The Morgan fingerprint density at radius 3 is 2.72 bits per heavy atom. The average molecular weight is 489 g/mol. The molecule has 9 heteroatoms. The summed E-state index contributed by atoms with van der Waals surface area (Å²) in [6.45, 7) is 3.37. The number of likely N-dealkylation sites (N-methyl/N-ethyl adjacent to an activating group) is 1. The summed E-state index contributed by atoms with van der Waals surface area (Å²) in [7, 11) is 0. The van der Waals surface area contributed by atoms with Gasteiger partial charge in [-0.05, 0) is 54.4 Å². The standard InChI is InChI=1S/C27H28N4O5/c1-2-29-26(33)25-20(14-32)19-13-30-21(5-4-18(27(30)34)17-7-9-28-10-8-17)24(19)31(25)12-16-3-6-22-23(11-16)36-15-35-22/h3-11,19-20,24-25,32H,2,12-15H2,1H3,(H,29,33)/t19-,20-,24+,25-/m1/s1.